The smallest absolute Gasteiger partial charge is 0.200 e. The molecule has 2 aromatic rings. The van der Waals surface area contributed by atoms with Gasteiger partial charge >= 0.3 is 0 Å². The monoisotopic (exact) mass is 281 g/mol. The fraction of sp³-hybridized carbons (Fsp3) is 0.308. The summed E-state index contributed by atoms with van der Waals surface area (Å²) in [5, 5.41) is 0.523. The van der Waals surface area contributed by atoms with Crippen molar-refractivity contribution in [3.8, 4) is 11.5 Å². The van der Waals surface area contributed by atoms with Gasteiger partial charge in [-0.05, 0) is 18.6 Å². The van der Waals surface area contributed by atoms with Crippen molar-refractivity contribution in [2.45, 2.75) is 13.5 Å². The van der Waals surface area contributed by atoms with E-state index in [0.717, 1.165) is 11.3 Å². The van der Waals surface area contributed by atoms with Crippen LogP contribution in [-0.4, -0.2) is 23.8 Å². The number of nitrogens with zero attached hydrogens (tertiary/aromatic N) is 2. The molecule has 0 fully saturated rings. The van der Waals surface area contributed by atoms with Gasteiger partial charge in [-0.3, -0.25) is 0 Å². The summed E-state index contributed by atoms with van der Waals surface area (Å²) in [4.78, 5) is 4.06. The molecule has 0 bridgehead atoms. The number of aromatic nitrogens is 2. The third kappa shape index (κ3) is 2.46. The first-order chi connectivity index (χ1) is 9.08. The van der Waals surface area contributed by atoms with Gasteiger partial charge in [0.15, 0.2) is 11.5 Å². The fourth-order valence-corrected chi connectivity index (χ4v) is 2.20. The molecule has 102 valence electrons. The molecule has 2 N–H and O–H groups in total. The van der Waals surface area contributed by atoms with Crippen LogP contribution in [0.1, 0.15) is 11.3 Å². The van der Waals surface area contributed by atoms with Crippen LogP contribution in [0.4, 0.5) is 5.95 Å². The highest BCUT2D eigenvalue weighted by Gasteiger charge is 2.14. The Morgan fingerprint density at radius 3 is 2.58 bits per heavy atom. The van der Waals surface area contributed by atoms with E-state index in [9.17, 15) is 0 Å². The van der Waals surface area contributed by atoms with E-state index in [1.165, 1.54) is 0 Å². The van der Waals surface area contributed by atoms with Crippen LogP contribution in [0.5, 0.6) is 11.5 Å². The molecule has 2 rings (SSSR count). The number of nitrogens with two attached hydrogens (primary N) is 1. The molecule has 0 saturated heterocycles. The van der Waals surface area contributed by atoms with Crippen molar-refractivity contribution in [3.63, 3.8) is 0 Å². The number of imidazole rings is 1. The molecule has 0 atom stereocenters. The van der Waals surface area contributed by atoms with Gasteiger partial charge in [0.25, 0.3) is 0 Å². The van der Waals surface area contributed by atoms with Crippen molar-refractivity contribution >= 4 is 17.5 Å². The van der Waals surface area contributed by atoms with E-state index in [0.29, 0.717) is 29.0 Å². The summed E-state index contributed by atoms with van der Waals surface area (Å²) in [6.07, 6.45) is 1.73. The second-order valence-electron chi connectivity index (χ2n) is 4.12. The molecule has 0 aliphatic carbocycles. The third-order valence-electron chi connectivity index (χ3n) is 2.98. The van der Waals surface area contributed by atoms with E-state index in [4.69, 9.17) is 26.8 Å². The molecule has 5 nitrogen and oxygen atoms in total. The highest BCUT2D eigenvalue weighted by molar-refractivity contribution is 6.33. The SMILES string of the molecule is COc1ccc(Cn2c(C)cnc2N)c(Cl)c1OC. The predicted molar refractivity (Wildman–Crippen MR) is 75.0 cm³/mol. The van der Waals surface area contributed by atoms with Crippen LogP contribution in [-0.2, 0) is 6.54 Å². The van der Waals surface area contributed by atoms with Gasteiger partial charge in [-0.1, -0.05) is 17.7 Å². The molecule has 0 amide bonds. The van der Waals surface area contributed by atoms with Crippen molar-refractivity contribution in [1.29, 1.82) is 0 Å². The highest BCUT2D eigenvalue weighted by atomic mass is 35.5. The van der Waals surface area contributed by atoms with Gasteiger partial charge in [0.05, 0.1) is 32.0 Å². The quantitative estimate of drug-likeness (QED) is 0.935. The van der Waals surface area contributed by atoms with Crippen molar-refractivity contribution in [2.75, 3.05) is 20.0 Å². The van der Waals surface area contributed by atoms with Crippen molar-refractivity contribution in [1.82, 2.24) is 9.55 Å². The zero-order chi connectivity index (χ0) is 14.0. The van der Waals surface area contributed by atoms with E-state index >= 15 is 0 Å². The number of rotatable bonds is 4. The number of methoxy groups -OCH3 is 2. The van der Waals surface area contributed by atoms with E-state index < -0.39 is 0 Å². The Hall–Kier alpha value is -1.88. The first-order valence-corrected chi connectivity index (χ1v) is 6.13. The second kappa shape index (κ2) is 5.40. The molecule has 1 aromatic heterocycles. The average Bonchev–Trinajstić information content (AvgIpc) is 2.72. The molecule has 19 heavy (non-hydrogen) atoms. The topological polar surface area (TPSA) is 62.3 Å². The molecule has 0 aliphatic heterocycles. The van der Waals surface area contributed by atoms with E-state index in [-0.39, 0.29) is 0 Å². The average molecular weight is 282 g/mol. The molecular formula is C13H16ClN3O2. The molecule has 0 unspecified atom stereocenters. The van der Waals surface area contributed by atoms with Crippen LogP contribution >= 0.6 is 11.6 Å². The Labute approximate surface area is 116 Å². The molecule has 6 heteroatoms. The largest absolute Gasteiger partial charge is 0.493 e. The minimum atomic E-state index is 0.461. The maximum Gasteiger partial charge on any atom is 0.200 e. The van der Waals surface area contributed by atoms with Crippen molar-refractivity contribution < 1.29 is 9.47 Å². The van der Waals surface area contributed by atoms with Crippen LogP contribution in [0.15, 0.2) is 18.3 Å². The maximum atomic E-state index is 6.33. The fourth-order valence-electron chi connectivity index (χ4n) is 1.91. The van der Waals surface area contributed by atoms with Crippen LogP contribution in [0.2, 0.25) is 5.02 Å². The van der Waals surface area contributed by atoms with E-state index in [1.54, 1.807) is 20.4 Å². The number of anilines is 1. The van der Waals surface area contributed by atoms with Gasteiger partial charge in [0, 0.05) is 5.69 Å². The van der Waals surface area contributed by atoms with Crippen LogP contribution in [0.3, 0.4) is 0 Å². The lowest BCUT2D eigenvalue weighted by Crippen LogP contribution is -2.07. The van der Waals surface area contributed by atoms with Crippen molar-refractivity contribution in [2.24, 2.45) is 0 Å². The number of hydrogen-bond donors (Lipinski definition) is 1. The third-order valence-corrected chi connectivity index (χ3v) is 3.39. The minimum Gasteiger partial charge on any atom is -0.493 e. The summed E-state index contributed by atoms with van der Waals surface area (Å²) in [7, 11) is 3.14. The number of hydrogen-bond acceptors (Lipinski definition) is 4. The number of aryl methyl sites for hydroxylation is 1. The summed E-state index contributed by atoms with van der Waals surface area (Å²) in [6.45, 7) is 2.48. The first-order valence-electron chi connectivity index (χ1n) is 5.75. The summed E-state index contributed by atoms with van der Waals surface area (Å²) in [5.41, 5.74) is 7.69. The van der Waals surface area contributed by atoms with Gasteiger partial charge in [-0.25, -0.2) is 4.98 Å². The number of halogens is 1. The van der Waals surface area contributed by atoms with Gasteiger partial charge in [0.1, 0.15) is 0 Å². The predicted octanol–water partition coefficient (Wildman–Crippen LogP) is 2.49. The molecular weight excluding hydrogens is 266 g/mol. The Bertz CT molecular complexity index is 576. The van der Waals surface area contributed by atoms with E-state index in [2.05, 4.69) is 4.98 Å². The van der Waals surface area contributed by atoms with Gasteiger partial charge in [-0.2, -0.15) is 0 Å². The molecule has 1 aromatic carbocycles. The number of ether oxygens (including phenoxy) is 2. The molecule has 0 aliphatic rings. The zero-order valence-electron chi connectivity index (χ0n) is 11.1. The molecule has 0 radical (unpaired) electrons. The lowest BCUT2D eigenvalue weighted by atomic mass is 10.2. The number of benzene rings is 1. The number of nitrogen functional groups attached to an aromatic ring is 1. The summed E-state index contributed by atoms with van der Waals surface area (Å²) >= 11 is 6.33. The lowest BCUT2D eigenvalue weighted by molar-refractivity contribution is 0.354. The first kappa shape index (κ1) is 13.5. The van der Waals surface area contributed by atoms with Gasteiger partial charge < -0.3 is 19.8 Å². The van der Waals surface area contributed by atoms with Gasteiger partial charge in [-0.15, -0.1) is 0 Å². The Morgan fingerprint density at radius 2 is 2.05 bits per heavy atom. The Morgan fingerprint density at radius 1 is 1.32 bits per heavy atom. The Kier molecular flexibility index (Phi) is 3.85. The maximum absolute atomic E-state index is 6.33. The van der Waals surface area contributed by atoms with Crippen LogP contribution in [0.25, 0.3) is 0 Å². The molecule has 0 saturated carbocycles. The summed E-state index contributed by atoms with van der Waals surface area (Å²) in [6, 6.07) is 3.71. The van der Waals surface area contributed by atoms with Gasteiger partial charge in [0.2, 0.25) is 5.95 Å². The zero-order valence-corrected chi connectivity index (χ0v) is 11.9. The normalized spacial score (nSPS) is 10.5. The Balaban J connectivity index is 2.42. The second-order valence-corrected chi connectivity index (χ2v) is 4.50. The van der Waals surface area contributed by atoms with Crippen molar-refractivity contribution in [3.05, 3.63) is 34.6 Å². The van der Waals surface area contributed by atoms with E-state index in [1.807, 2.05) is 23.6 Å². The highest BCUT2D eigenvalue weighted by Crippen LogP contribution is 2.37. The minimum absolute atomic E-state index is 0.461. The molecule has 1 heterocycles. The molecule has 0 spiro atoms. The summed E-state index contributed by atoms with van der Waals surface area (Å²) in [5.74, 6) is 1.59. The van der Waals surface area contributed by atoms with Crippen LogP contribution < -0.4 is 15.2 Å². The van der Waals surface area contributed by atoms with Crippen LogP contribution in [0, 0.1) is 6.92 Å². The summed E-state index contributed by atoms with van der Waals surface area (Å²) < 4.78 is 12.4. The lowest BCUT2D eigenvalue weighted by Gasteiger charge is -2.14. The standard InChI is InChI=1S/C13H16ClN3O2/c1-8-6-16-13(15)17(8)7-9-4-5-10(18-2)12(19-3)11(9)14/h4-6H,7H2,1-3H3,(H2,15,16).